The van der Waals surface area contributed by atoms with Gasteiger partial charge in [-0.1, -0.05) is 39.0 Å². The minimum Gasteiger partial charge on any atom is -0.314 e. The summed E-state index contributed by atoms with van der Waals surface area (Å²) in [6, 6.07) is 9.18. The number of aromatic nitrogens is 1. The van der Waals surface area contributed by atoms with Crippen molar-refractivity contribution in [2.45, 2.75) is 52.0 Å². The number of fused-ring (bicyclic) bond motifs is 1. The molecule has 2 aromatic rings. The molecule has 0 amide bonds. The molecule has 1 N–H and O–H groups in total. The van der Waals surface area contributed by atoms with E-state index in [1.807, 2.05) is 12.4 Å². The SMILES string of the molecule is CCCNC(C)CC(C)(C)c1cccc2ccncc12. The van der Waals surface area contributed by atoms with Crippen LogP contribution in [0.25, 0.3) is 10.8 Å². The number of rotatable bonds is 6. The molecule has 0 aliphatic carbocycles. The normalized spacial score (nSPS) is 13.6. The Morgan fingerprint density at radius 1 is 1.25 bits per heavy atom. The molecule has 0 aliphatic heterocycles. The summed E-state index contributed by atoms with van der Waals surface area (Å²) >= 11 is 0. The van der Waals surface area contributed by atoms with Crippen molar-refractivity contribution in [3.8, 4) is 0 Å². The number of benzene rings is 1. The van der Waals surface area contributed by atoms with Crippen LogP contribution in [0.4, 0.5) is 0 Å². The zero-order valence-electron chi connectivity index (χ0n) is 13.1. The lowest BCUT2D eigenvalue weighted by molar-refractivity contribution is 0.391. The van der Waals surface area contributed by atoms with Crippen molar-refractivity contribution >= 4 is 10.8 Å². The summed E-state index contributed by atoms with van der Waals surface area (Å²) in [5, 5.41) is 6.15. The molecule has 1 aromatic carbocycles. The predicted octanol–water partition coefficient (Wildman–Crippen LogP) is 4.29. The van der Waals surface area contributed by atoms with Gasteiger partial charge in [0.05, 0.1) is 0 Å². The highest BCUT2D eigenvalue weighted by Gasteiger charge is 2.25. The Morgan fingerprint density at radius 2 is 2.05 bits per heavy atom. The smallest absolute Gasteiger partial charge is 0.0349 e. The second-order valence-electron chi connectivity index (χ2n) is 6.35. The van der Waals surface area contributed by atoms with Gasteiger partial charge in [0.25, 0.3) is 0 Å². The van der Waals surface area contributed by atoms with Gasteiger partial charge in [0.15, 0.2) is 0 Å². The van der Waals surface area contributed by atoms with Crippen LogP contribution in [0.5, 0.6) is 0 Å². The van der Waals surface area contributed by atoms with Gasteiger partial charge in [0.2, 0.25) is 0 Å². The number of pyridine rings is 1. The minimum absolute atomic E-state index is 0.142. The van der Waals surface area contributed by atoms with Crippen LogP contribution in [-0.4, -0.2) is 17.6 Å². The van der Waals surface area contributed by atoms with Crippen LogP contribution in [0.15, 0.2) is 36.7 Å². The second kappa shape index (κ2) is 6.36. The van der Waals surface area contributed by atoms with Gasteiger partial charge in [0.1, 0.15) is 0 Å². The Morgan fingerprint density at radius 3 is 2.80 bits per heavy atom. The third kappa shape index (κ3) is 3.37. The molecule has 0 radical (unpaired) electrons. The van der Waals surface area contributed by atoms with Gasteiger partial charge in [-0.15, -0.1) is 0 Å². The molecule has 20 heavy (non-hydrogen) atoms. The molecular weight excluding hydrogens is 244 g/mol. The van der Waals surface area contributed by atoms with E-state index in [0.29, 0.717) is 6.04 Å². The first-order valence-electron chi connectivity index (χ1n) is 7.61. The molecule has 108 valence electrons. The monoisotopic (exact) mass is 270 g/mol. The van der Waals surface area contributed by atoms with Gasteiger partial charge >= 0.3 is 0 Å². The second-order valence-corrected chi connectivity index (χ2v) is 6.35. The highest BCUT2D eigenvalue weighted by molar-refractivity contribution is 5.85. The van der Waals surface area contributed by atoms with Gasteiger partial charge in [-0.2, -0.15) is 0 Å². The van der Waals surface area contributed by atoms with Crippen LogP contribution in [0, 0.1) is 0 Å². The van der Waals surface area contributed by atoms with Crippen molar-refractivity contribution in [1.82, 2.24) is 10.3 Å². The van der Waals surface area contributed by atoms with Crippen molar-refractivity contribution in [2.24, 2.45) is 0 Å². The Hall–Kier alpha value is -1.41. The molecule has 0 saturated carbocycles. The Labute approximate surface area is 122 Å². The van der Waals surface area contributed by atoms with E-state index in [4.69, 9.17) is 0 Å². The maximum atomic E-state index is 4.30. The summed E-state index contributed by atoms with van der Waals surface area (Å²) in [6.45, 7) is 10.2. The van der Waals surface area contributed by atoms with Gasteiger partial charge < -0.3 is 5.32 Å². The van der Waals surface area contributed by atoms with E-state index in [1.54, 1.807) is 0 Å². The maximum absolute atomic E-state index is 4.30. The highest BCUT2D eigenvalue weighted by atomic mass is 14.9. The molecule has 1 heterocycles. The number of nitrogens with one attached hydrogen (secondary N) is 1. The number of nitrogens with zero attached hydrogens (tertiary/aromatic N) is 1. The molecule has 1 unspecified atom stereocenters. The van der Waals surface area contributed by atoms with Crippen LogP contribution in [0.2, 0.25) is 0 Å². The minimum atomic E-state index is 0.142. The van der Waals surface area contributed by atoms with Crippen LogP contribution in [0.1, 0.15) is 46.1 Å². The lowest BCUT2D eigenvalue weighted by Crippen LogP contribution is -2.33. The van der Waals surface area contributed by atoms with Crippen molar-refractivity contribution < 1.29 is 0 Å². The van der Waals surface area contributed by atoms with E-state index >= 15 is 0 Å². The molecule has 0 saturated heterocycles. The summed E-state index contributed by atoms with van der Waals surface area (Å²) in [4.78, 5) is 4.30. The molecule has 0 spiro atoms. The quantitative estimate of drug-likeness (QED) is 0.847. The zero-order chi connectivity index (χ0) is 14.6. The van der Waals surface area contributed by atoms with Crippen molar-refractivity contribution in [2.75, 3.05) is 6.54 Å². The summed E-state index contributed by atoms with van der Waals surface area (Å²) in [6.07, 6.45) is 6.17. The maximum Gasteiger partial charge on any atom is 0.0349 e. The van der Waals surface area contributed by atoms with Crippen molar-refractivity contribution in [3.05, 3.63) is 42.2 Å². The predicted molar refractivity (Wildman–Crippen MR) is 87.1 cm³/mol. The molecule has 1 aromatic heterocycles. The first-order valence-corrected chi connectivity index (χ1v) is 7.61. The van der Waals surface area contributed by atoms with Crippen molar-refractivity contribution in [1.29, 1.82) is 0 Å². The van der Waals surface area contributed by atoms with E-state index in [-0.39, 0.29) is 5.41 Å². The molecular formula is C18H26N2. The van der Waals surface area contributed by atoms with E-state index in [0.717, 1.165) is 13.0 Å². The van der Waals surface area contributed by atoms with Crippen LogP contribution < -0.4 is 5.32 Å². The van der Waals surface area contributed by atoms with E-state index in [9.17, 15) is 0 Å². The third-order valence-corrected chi connectivity index (χ3v) is 3.97. The molecule has 1 atom stereocenters. The lowest BCUT2D eigenvalue weighted by Gasteiger charge is -2.30. The van der Waals surface area contributed by atoms with Gasteiger partial charge in [0, 0.05) is 23.8 Å². The molecule has 2 heteroatoms. The van der Waals surface area contributed by atoms with Gasteiger partial charge in [-0.3, -0.25) is 4.98 Å². The standard InChI is InChI=1S/C18H26N2/c1-5-10-20-14(2)12-18(3,4)17-8-6-7-15-9-11-19-13-16(15)17/h6-9,11,13-14,20H,5,10,12H2,1-4H3. The van der Waals surface area contributed by atoms with Crippen LogP contribution in [0.3, 0.4) is 0 Å². The fourth-order valence-corrected chi connectivity index (χ4v) is 3.04. The summed E-state index contributed by atoms with van der Waals surface area (Å²) in [7, 11) is 0. The average Bonchev–Trinajstić information content (AvgIpc) is 2.44. The molecule has 0 aliphatic rings. The first kappa shape index (κ1) is 15.0. The Bertz CT molecular complexity index is 555. The summed E-state index contributed by atoms with van der Waals surface area (Å²) < 4.78 is 0. The Balaban J connectivity index is 2.27. The van der Waals surface area contributed by atoms with Crippen molar-refractivity contribution in [3.63, 3.8) is 0 Å². The highest BCUT2D eigenvalue weighted by Crippen LogP contribution is 2.33. The van der Waals surface area contributed by atoms with Gasteiger partial charge in [-0.25, -0.2) is 0 Å². The van der Waals surface area contributed by atoms with E-state index in [1.165, 1.54) is 22.8 Å². The molecule has 2 nitrogen and oxygen atoms in total. The summed E-state index contributed by atoms with van der Waals surface area (Å²) in [5.74, 6) is 0. The fourth-order valence-electron chi connectivity index (χ4n) is 3.04. The fraction of sp³-hybridized carbons (Fsp3) is 0.500. The average molecular weight is 270 g/mol. The number of hydrogen-bond donors (Lipinski definition) is 1. The number of hydrogen-bond acceptors (Lipinski definition) is 2. The van der Waals surface area contributed by atoms with Gasteiger partial charge in [-0.05, 0) is 48.7 Å². The van der Waals surface area contributed by atoms with E-state index in [2.05, 4.69) is 62.3 Å². The zero-order valence-corrected chi connectivity index (χ0v) is 13.1. The lowest BCUT2D eigenvalue weighted by atomic mass is 9.77. The van der Waals surface area contributed by atoms with E-state index < -0.39 is 0 Å². The molecule has 0 bridgehead atoms. The van der Waals surface area contributed by atoms with Crippen LogP contribution >= 0.6 is 0 Å². The molecule has 2 rings (SSSR count). The largest absolute Gasteiger partial charge is 0.314 e. The summed E-state index contributed by atoms with van der Waals surface area (Å²) in [5.41, 5.74) is 1.54. The molecule has 0 fully saturated rings. The first-order chi connectivity index (χ1) is 9.54. The third-order valence-electron chi connectivity index (χ3n) is 3.97. The van der Waals surface area contributed by atoms with Crippen LogP contribution in [-0.2, 0) is 5.41 Å². The topological polar surface area (TPSA) is 24.9 Å². The Kier molecular flexibility index (Phi) is 4.77.